The van der Waals surface area contributed by atoms with Crippen LogP contribution in [0.2, 0.25) is 0 Å². The molecule has 0 radical (unpaired) electrons. The second-order valence-corrected chi connectivity index (χ2v) is 8.79. The molecule has 1 N–H and O–H groups in total. The number of hydrogen-bond acceptors (Lipinski definition) is 6. The smallest absolute Gasteiger partial charge is 0.326 e. The topological polar surface area (TPSA) is 66.8 Å². The monoisotopic (exact) mass is 421 g/mol. The minimum Gasteiger partial charge on any atom is -0.485 e. The Balaban J connectivity index is 1.88. The van der Waals surface area contributed by atoms with Gasteiger partial charge < -0.3 is 9.84 Å². The molecular weight excluding hydrogens is 402 g/mol. The summed E-state index contributed by atoms with van der Waals surface area (Å²) in [5, 5.41) is 9.53. The molecule has 0 bridgehead atoms. The Hall–Kier alpha value is -1.77. The number of thioether (sulfide) groups is 2. The molecule has 0 aliphatic carbocycles. The lowest BCUT2D eigenvalue weighted by atomic mass is 10.0. The maximum Gasteiger partial charge on any atom is 0.326 e. The van der Waals surface area contributed by atoms with Gasteiger partial charge in [-0.15, -0.1) is 0 Å². The summed E-state index contributed by atoms with van der Waals surface area (Å²) in [5.41, 5.74) is 1.80. The summed E-state index contributed by atoms with van der Waals surface area (Å²) in [6.45, 7) is 1.91. The van der Waals surface area contributed by atoms with Gasteiger partial charge in [0.2, 0.25) is 0 Å². The zero-order valence-corrected chi connectivity index (χ0v) is 17.3. The summed E-state index contributed by atoms with van der Waals surface area (Å²) >= 11 is 7.99. The molecule has 2 atom stereocenters. The van der Waals surface area contributed by atoms with Crippen LogP contribution < -0.4 is 4.74 Å². The van der Waals surface area contributed by atoms with Gasteiger partial charge in [-0.2, -0.15) is 11.8 Å². The SMILES string of the molecule is CSCC[C@@H](C(=O)O)N1C(=O)/C(=C\C2=Cc3ccccc3O[C@H]2C)SC1=S. The van der Waals surface area contributed by atoms with Crippen LogP contribution in [0.5, 0.6) is 5.75 Å². The van der Waals surface area contributed by atoms with E-state index in [1.165, 1.54) is 4.90 Å². The third-order valence-corrected chi connectivity index (χ3v) is 6.30. The van der Waals surface area contributed by atoms with Crippen LogP contribution in [-0.2, 0) is 9.59 Å². The van der Waals surface area contributed by atoms with Gasteiger partial charge in [0, 0.05) is 5.56 Å². The first kappa shape index (κ1) is 20.0. The van der Waals surface area contributed by atoms with Gasteiger partial charge >= 0.3 is 5.97 Å². The molecule has 2 aliphatic heterocycles. The molecule has 5 nitrogen and oxygen atoms in total. The minimum absolute atomic E-state index is 0.213. The van der Waals surface area contributed by atoms with Crippen molar-refractivity contribution in [1.29, 1.82) is 0 Å². The van der Waals surface area contributed by atoms with E-state index in [0.29, 0.717) is 17.1 Å². The fraction of sp³-hybridized carbons (Fsp3) is 0.316. The highest BCUT2D eigenvalue weighted by Crippen LogP contribution is 2.37. The van der Waals surface area contributed by atoms with Crippen LogP contribution >= 0.6 is 35.7 Å². The zero-order chi connectivity index (χ0) is 19.6. The van der Waals surface area contributed by atoms with E-state index in [2.05, 4.69) is 0 Å². The lowest BCUT2D eigenvalue weighted by Gasteiger charge is -2.23. The summed E-state index contributed by atoms with van der Waals surface area (Å²) in [6.07, 6.45) is 5.78. The van der Waals surface area contributed by atoms with E-state index in [-0.39, 0.29) is 16.3 Å². The molecule has 1 aromatic carbocycles. The van der Waals surface area contributed by atoms with Crippen molar-refractivity contribution in [2.24, 2.45) is 0 Å². The molecule has 27 heavy (non-hydrogen) atoms. The van der Waals surface area contributed by atoms with Crippen molar-refractivity contribution in [3.8, 4) is 5.75 Å². The Bertz CT molecular complexity index is 849. The maximum absolute atomic E-state index is 12.9. The first-order chi connectivity index (χ1) is 12.9. The number of fused-ring (bicyclic) bond motifs is 1. The number of carboxylic acid groups (broad SMARTS) is 1. The van der Waals surface area contributed by atoms with Crippen molar-refractivity contribution in [2.75, 3.05) is 12.0 Å². The van der Waals surface area contributed by atoms with Crippen LogP contribution in [0.3, 0.4) is 0 Å². The maximum atomic E-state index is 12.9. The van der Waals surface area contributed by atoms with Crippen molar-refractivity contribution in [2.45, 2.75) is 25.5 Å². The predicted octanol–water partition coefficient (Wildman–Crippen LogP) is 3.80. The Morgan fingerprint density at radius 2 is 2.22 bits per heavy atom. The van der Waals surface area contributed by atoms with E-state index in [0.717, 1.165) is 28.6 Å². The highest BCUT2D eigenvalue weighted by atomic mass is 32.2. The zero-order valence-electron chi connectivity index (χ0n) is 14.9. The Kier molecular flexibility index (Phi) is 6.29. The molecule has 142 valence electrons. The lowest BCUT2D eigenvalue weighted by Crippen LogP contribution is -2.44. The standard InChI is InChI=1S/C19H19NO4S3/c1-11-13(9-12-5-3-4-6-15(12)24-11)10-16-17(21)20(19(25)27-16)14(18(22)23)7-8-26-2/h3-6,9-11,14H,7-8H2,1-2H3,(H,22,23)/b16-10+/t11-,14-/m0/s1. The van der Waals surface area contributed by atoms with Crippen LogP contribution in [0.25, 0.3) is 6.08 Å². The molecule has 3 rings (SSSR count). The van der Waals surface area contributed by atoms with Gasteiger partial charge in [0.15, 0.2) is 0 Å². The molecule has 0 spiro atoms. The number of carboxylic acids is 1. The summed E-state index contributed by atoms with van der Waals surface area (Å²) in [6, 6.07) is 6.75. The van der Waals surface area contributed by atoms with Gasteiger partial charge in [-0.1, -0.05) is 42.2 Å². The van der Waals surface area contributed by atoms with Crippen LogP contribution in [0, 0.1) is 0 Å². The normalized spacial score (nSPS) is 21.7. The highest BCUT2D eigenvalue weighted by molar-refractivity contribution is 8.26. The van der Waals surface area contributed by atoms with E-state index in [1.807, 2.05) is 43.5 Å². The van der Waals surface area contributed by atoms with Gasteiger partial charge in [0.05, 0.1) is 4.91 Å². The quantitative estimate of drug-likeness (QED) is 0.553. The van der Waals surface area contributed by atoms with Gasteiger partial charge in [0.1, 0.15) is 22.2 Å². The summed E-state index contributed by atoms with van der Waals surface area (Å²) in [7, 11) is 0. The van der Waals surface area contributed by atoms with E-state index in [4.69, 9.17) is 17.0 Å². The summed E-state index contributed by atoms with van der Waals surface area (Å²) in [4.78, 5) is 26.2. The number of nitrogens with zero attached hydrogens (tertiary/aromatic N) is 1. The molecule has 1 amide bonds. The van der Waals surface area contributed by atoms with Crippen LogP contribution in [0.1, 0.15) is 18.9 Å². The highest BCUT2D eigenvalue weighted by Gasteiger charge is 2.40. The first-order valence-electron chi connectivity index (χ1n) is 8.38. The number of ether oxygens (including phenoxy) is 1. The molecular formula is C19H19NO4S3. The summed E-state index contributed by atoms with van der Waals surface area (Å²) in [5.74, 6) is 0.0483. The fourth-order valence-electron chi connectivity index (χ4n) is 2.91. The third-order valence-electron chi connectivity index (χ3n) is 4.33. The second kappa shape index (κ2) is 8.50. The van der Waals surface area contributed by atoms with Crippen molar-refractivity contribution in [3.63, 3.8) is 0 Å². The Morgan fingerprint density at radius 3 is 2.93 bits per heavy atom. The molecule has 0 aromatic heterocycles. The molecule has 2 aliphatic rings. The Labute approximate surface area is 171 Å². The van der Waals surface area contributed by atoms with Crippen LogP contribution in [-0.4, -0.2) is 50.4 Å². The van der Waals surface area contributed by atoms with Crippen molar-refractivity contribution >= 4 is 58.0 Å². The van der Waals surface area contributed by atoms with Gasteiger partial charge in [-0.25, -0.2) is 4.79 Å². The number of amides is 1. The molecule has 8 heteroatoms. The fourth-order valence-corrected chi connectivity index (χ4v) is 4.73. The molecule has 1 fully saturated rings. The number of para-hydroxylation sites is 1. The average molecular weight is 422 g/mol. The molecule has 0 unspecified atom stereocenters. The van der Waals surface area contributed by atoms with E-state index in [9.17, 15) is 14.7 Å². The number of thiocarbonyl (C=S) groups is 1. The van der Waals surface area contributed by atoms with Gasteiger partial charge in [0.25, 0.3) is 5.91 Å². The first-order valence-corrected chi connectivity index (χ1v) is 11.0. The van der Waals surface area contributed by atoms with E-state index >= 15 is 0 Å². The molecule has 2 heterocycles. The van der Waals surface area contributed by atoms with E-state index < -0.39 is 12.0 Å². The summed E-state index contributed by atoms with van der Waals surface area (Å²) < 4.78 is 6.19. The van der Waals surface area contributed by atoms with Gasteiger partial charge in [-0.3, -0.25) is 9.69 Å². The number of aliphatic carboxylic acids is 1. The number of benzene rings is 1. The van der Waals surface area contributed by atoms with Crippen molar-refractivity contribution < 1.29 is 19.4 Å². The van der Waals surface area contributed by atoms with Gasteiger partial charge in [-0.05, 0) is 49.1 Å². The minimum atomic E-state index is -1.04. The number of carbonyl (C=O) groups excluding carboxylic acids is 1. The number of carbonyl (C=O) groups is 2. The molecule has 1 saturated heterocycles. The lowest BCUT2D eigenvalue weighted by molar-refractivity contribution is -0.145. The third kappa shape index (κ3) is 4.23. The molecule has 0 saturated carbocycles. The van der Waals surface area contributed by atoms with Crippen molar-refractivity contribution in [3.05, 3.63) is 46.4 Å². The average Bonchev–Trinajstić information content (AvgIpc) is 2.90. The number of hydrogen-bond donors (Lipinski definition) is 1. The van der Waals surface area contributed by atoms with E-state index in [1.54, 1.807) is 17.8 Å². The predicted molar refractivity (Wildman–Crippen MR) is 114 cm³/mol. The van der Waals surface area contributed by atoms with Crippen molar-refractivity contribution in [1.82, 2.24) is 4.90 Å². The second-order valence-electron chi connectivity index (χ2n) is 6.13. The largest absolute Gasteiger partial charge is 0.485 e. The molecule has 1 aromatic rings. The van der Waals surface area contributed by atoms with Crippen LogP contribution in [0.15, 0.2) is 40.8 Å². The Morgan fingerprint density at radius 1 is 1.48 bits per heavy atom. The van der Waals surface area contributed by atoms with Crippen LogP contribution in [0.4, 0.5) is 0 Å². The number of rotatable bonds is 6.